The predicted molar refractivity (Wildman–Crippen MR) is 135 cm³/mol. The molecule has 0 bridgehead atoms. The van der Waals surface area contributed by atoms with Crippen molar-refractivity contribution in [2.75, 3.05) is 7.11 Å². The Kier molecular flexibility index (Phi) is 7.59. The molecule has 1 aliphatic rings. The number of nitrogens with one attached hydrogen (secondary N) is 1. The number of imidazole rings is 1. The van der Waals surface area contributed by atoms with Gasteiger partial charge >= 0.3 is 6.18 Å². The molecule has 1 unspecified atom stereocenters. The van der Waals surface area contributed by atoms with E-state index in [0.717, 1.165) is 22.9 Å². The van der Waals surface area contributed by atoms with E-state index in [4.69, 9.17) is 4.74 Å². The van der Waals surface area contributed by atoms with E-state index in [1.54, 1.807) is 35.0 Å². The van der Waals surface area contributed by atoms with Crippen LogP contribution in [0.3, 0.4) is 0 Å². The Morgan fingerprint density at radius 1 is 1.07 bits per heavy atom. The number of hydrogen-bond acceptors (Lipinski definition) is 4. The Bertz CT molecular complexity index is 1490. The van der Waals surface area contributed by atoms with Crippen molar-refractivity contribution in [1.82, 2.24) is 24.6 Å². The minimum atomic E-state index is -4.63. The van der Waals surface area contributed by atoms with Crippen molar-refractivity contribution in [2.45, 2.75) is 50.9 Å². The van der Waals surface area contributed by atoms with Crippen molar-refractivity contribution in [3.05, 3.63) is 94.8 Å². The van der Waals surface area contributed by atoms with Crippen LogP contribution < -0.4 is 10.1 Å². The summed E-state index contributed by atoms with van der Waals surface area (Å²) in [5.41, 5.74) is 0.527. The molecule has 4 aromatic rings. The molecule has 1 aliphatic carbocycles. The second-order valence-electron chi connectivity index (χ2n) is 9.59. The number of amides is 1. The topological polar surface area (TPSA) is 74.0 Å². The summed E-state index contributed by atoms with van der Waals surface area (Å²) in [5.74, 6) is -1.17. The van der Waals surface area contributed by atoms with Crippen molar-refractivity contribution >= 4 is 5.91 Å². The lowest BCUT2D eigenvalue weighted by Crippen LogP contribution is -2.35. The number of alkyl halides is 3. The summed E-state index contributed by atoms with van der Waals surface area (Å²) < 4.78 is 76.9. The number of ether oxygens (including phenoxy) is 1. The highest BCUT2D eigenvalue weighted by molar-refractivity contribution is 5.76. The SMILES string of the molecule is COc1ccc(-n2ccnc2C(Cc2cc(F)cc(F)c2)NC(=O)Cn2nc(C(F)(F)F)c3c2CCCC3)cc1. The van der Waals surface area contributed by atoms with Crippen LogP contribution in [0.15, 0.2) is 54.9 Å². The molecule has 7 nitrogen and oxygen atoms in total. The molecule has 0 spiro atoms. The van der Waals surface area contributed by atoms with Crippen LogP contribution >= 0.6 is 0 Å². The van der Waals surface area contributed by atoms with Crippen molar-refractivity contribution < 1.29 is 31.5 Å². The molecule has 1 amide bonds. The van der Waals surface area contributed by atoms with Crippen molar-refractivity contribution in [3.8, 4) is 11.4 Å². The molecule has 40 heavy (non-hydrogen) atoms. The van der Waals surface area contributed by atoms with Gasteiger partial charge in [-0.15, -0.1) is 0 Å². The largest absolute Gasteiger partial charge is 0.497 e. The van der Waals surface area contributed by atoms with E-state index < -0.39 is 42.0 Å². The first kappa shape index (κ1) is 27.4. The summed E-state index contributed by atoms with van der Waals surface area (Å²) in [5, 5.41) is 6.57. The van der Waals surface area contributed by atoms with Crippen LogP contribution in [-0.2, 0) is 36.8 Å². The highest BCUT2D eigenvalue weighted by Crippen LogP contribution is 2.36. The molecule has 1 N–H and O–H groups in total. The standard InChI is InChI=1S/C28H26F5N5O2/c1-40-21-8-6-20(7-9-21)37-11-10-34-27(37)23(14-17-12-18(29)15-19(30)13-17)35-25(39)16-38-24-5-3-2-4-22(24)26(36-38)28(31,32)33/h6-13,15,23H,2-5,14,16H2,1H3,(H,35,39). The number of carbonyl (C=O) groups is 1. The number of hydrogen-bond donors (Lipinski definition) is 1. The van der Waals surface area contributed by atoms with Gasteiger partial charge in [0.25, 0.3) is 0 Å². The highest BCUT2D eigenvalue weighted by Gasteiger charge is 2.39. The molecule has 2 heterocycles. The lowest BCUT2D eigenvalue weighted by Gasteiger charge is -2.21. The Balaban J connectivity index is 1.46. The minimum absolute atomic E-state index is 0.0292. The smallest absolute Gasteiger partial charge is 0.435 e. The molecule has 0 fully saturated rings. The van der Waals surface area contributed by atoms with Crippen LogP contribution in [-0.4, -0.2) is 32.3 Å². The van der Waals surface area contributed by atoms with E-state index in [-0.39, 0.29) is 24.0 Å². The van der Waals surface area contributed by atoms with Gasteiger partial charge in [0, 0.05) is 41.8 Å². The number of methoxy groups -OCH3 is 1. The van der Waals surface area contributed by atoms with E-state index in [1.807, 2.05) is 0 Å². The lowest BCUT2D eigenvalue weighted by molar-refractivity contribution is -0.142. The Labute approximate surface area is 226 Å². The number of fused-ring (bicyclic) bond motifs is 1. The molecular formula is C28H26F5N5O2. The average molecular weight is 560 g/mol. The van der Waals surface area contributed by atoms with E-state index >= 15 is 0 Å². The molecular weight excluding hydrogens is 533 g/mol. The van der Waals surface area contributed by atoms with Gasteiger partial charge in [-0.3, -0.25) is 9.48 Å². The van der Waals surface area contributed by atoms with Crippen LogP contribution in [0.4, 0.5) is 22.0 Å². The second kappa shape index (κ2) is 11.1. The zero-order valence-corrected chi connectivity index (χ0v) is 21.5. The first-order chi connectivity index (χ1) is 19.1. The van der Waals surface area contributed by atoms with E-state index in [0.29, 0.717) is 42.2 Å². The van der Waals surface area contributed by atoms with Crippen molar-refractivity contribution in [1.29, 1.82) is 0 Å². The fraction of sp³-hybridized carbons (Fsp3) is 0.321. The van der Waals surface area contributed by atoms with Gasteiger partial charge in [0.2, 0.25) is 5.91 Å². The number of carbonyl (C=O) groups excluding carboxylic acids is 1. The van der Waals surface area contributed by atoms with Crippen LogP contribution in [0.1, 0.15) is 47.2 Å². The summed E-state index contributed by atoms with van der Waals surface area (Å²) in [6.45, 7) is -0.449. The molecule has 210 valence electrons. The summed E-state index contributed by atoms with van der Waals surface area (Å²) in [6.07, 6.45) is 0.485. The van der Waals surface area contributed by atoms with Gasteiger partial charge in [0.1, 0.15) is 29.8 Å². The maximum absolute atomic E-state index is 14.0. The van der Waals surface area contributed by atoms with Gasteiger partial charge in [0.15, 0.2) is 5.69 Å². The fourth-order valence-electron chi connectivity index (χ4n) is 5.11. The molecule has 0 saturated carbocycles. The summed E-state index contributed by atoms with van der Waals surface area (Å²) >= 11 is 0. The summed E-state index contributed by atoms with van der Waals surface area (Å²) in [7, 11) is 1.54. The zero-order chi connectivity index (χ0) is 28.4. The number of benzene rings is 2. The minimum Gasteiger partial charge on any atom is -0.497 e. The predicted octanol–water partition coefficient (Wildman–Crippen LogP) is 5.35. The molecule has 0 saturated heterocycles. The normalized spacial score (nSPS) is 14.1. The van der Waals surface area contributed by atoms with E-state index in [2.05, 4.69) is 15.4 Å². The maximum atomic E-state index is 14.0. The highest BCUT2D eigenvalue weighted by atomic mass is 19.4. The quantitative estimate of drug-likeness (QED) is 0.296. The van der Waals surface area contributed by atoms with E-state index in [1.165, 1.54) is 13.3 Å². The first-order valence-electron chi connectivity index (χ1n) is 12.7. The third-order valence-corrected chi connectivity index (χ3v) is 6.85. The fourth-order valence-corrected chi connectivity index (χ4v) is 5.11. The summed E-state index contributed by atoms with van der Waals surface area (Å²) in [6, 6.07) is 9.22. The lowest BCUT2D eigenvalue weighted by atomic mass is 9.95. The van der Waals surface area contributed by atoms with Crippen LogP contribution in [0.25, 0.3) is 5.69 Å². The molecule has 0 aliphatic heterocycles. The van der Waals surface area contributed by atoms with Gasteiger partial charge in [-0.1, -0.05) is 0 Å². The van der Waals surface area contributed by atoms with Gasteiger partial charge in [-0.2, -0.15) is 18.3 Å². The molecule has 0 radical (unpaired) electrons. The van der Waals surface area contributed by atoms with Gasteiger partial charge in [0.05, 0.1) is 13.2 Å². The zero-order valence-electron chi connectivity index (χ0n) is 21.5. The maximum Gasteiger partial charge on any atom is 0.435 e. The molecule has 12 heteroatoms. The van der Waals surface area contributed by atoms with Gasteiger partial charge < -0.3 is 14.6 Å². The molecule has 5 rings (SSSR count). The third-order valence-electron chi connectivity index (χ3n) is 6.85. The number of nitrogens with zero attached hydrogens (tertiary/aromatic N) is 4. The number of aromatic nitrogens is 4. The Morgan fingerprint density at radius 2 is 1.77 bits per heavy atom. The van der Waals surface area contributed by atoms with E-state index in [9.17, 15) is 26.7 Å². The van der Waals surface area contributed by atoms with Crippen LogP contribution in [0.2, 0.25) is 0 Å². The average Bonchev–Trinajstić information content (AvgIpc) is 3.53. The molecule has 2 aromatic carbocycles. The molecule has 1 atom stereocenters. The van der Waals surface area contributed by atoms with Gasteiger partial charge in [-0.05, 0) is 67.6 Å². The molecule has 2 aromatic heterocycles. The summed E-state index contributed by atoms with van der Waals surface area (Å²) in [4.78, 5) is 17.7. The Hall–Kier alpha value is -4.22. The second-order valence-corrected chi connectivity index (χ2v) is 9.59. The van der Waals surface area contributed by atoms with Crippen molar-refractivity contribution in [2.24, 2.45) is 0 Å². The van der Waals surface area contributed by atoms with Crippen molar-refractivity contribution in [3.63, 3.8) is 0 Å². The Morgan fingerprint density at radius 3 is 2.45 bits per heavy atom. The monoisotopic (exact) mass is 559 g/mol. The van der Waals surface area contributed by atoms with Crippen LogP contribution in [0, 0.1) is 11.6 Å². The van der Waals surface area contributed by atoms with Crippen LogP contribution in [0.5, 0.6) is 5.75 Å². The number of halogens is 5. The first-order valence-corrected chi connectivity index (χ1v) is 12.7. The number of rotatable bonds is 8. The third kappa shape index (κ3) is 5.85. The van der Waals surface area contributed by atoms with Gasteiger partial charge in [-0.25, -0.2) is 13.8 Å².